The van der Waals surface area contributed by atoms with Gasteiger partial charge in [0.05, 0.1) is 13.7 Å². The molecule has 0 radical (unpaired) electrons. The van der Waals surface area contributed by atoms with Crippen molar-refractivity contribution < 1.29 is 14.2 Å². The van der Waals surface area contributed by atoms with Crippen molar-refractivity contribution >= 4 is 0 Å². The van der Waals surface area contributed by atoms with E-state index in [9.17, 15) is 0 Å². The van der Waals surface area contributed by atoms with Gasteiger partial charge in [-0.2, -0.15) is 0 Å². The molecule has 0 atom stereocenters. The van der Waals surface area contributed by atoms with Gasteiger partial charge in [-0.25, -0.2) is 0 Å². The van der Waals surface area contributed by atoms with Gasteiger partial charge in [-0.3, -0.25) is 0 Å². The minimum absolute atomic E-state index is 0.404. The van der Waals surface area contributed by atoms with Crippen molar-refractivity contribution in [3.63, 3.8) is 0 Å². The van der Waals surface area contributed by atoms with Gasteiger partial charge in [0.1, 0.15) is 24.7 Å². The molecular formula is C15H19N3O3. The van der Waals surface area contributed by atoms with Crippen molar-refractivity contribution in [1.29, 1.82) is 0 Å². The number of rotatable bonds is 4. The standard InChI is InChI=1S/C15H19N3O3/c1-10-6-12(19-3)7-11(2)15(10)21-9-14-17-16-13-8-20-5-4-18(13)14/h6-7H,4-5,8-9H2,1-3H3. The van der Waals surface area contributed by atoms with E-state index in [2.05, 4.69) is 14.8 Å². The first kappa shape index (κ1) is 13.9. The number of ether oxygens (including phenoxy) is 3. The van der Waals surface area contributed by atoms with E-state index in [1.54, 1.807) is 7.11 Å². The van der Waals surface area contributed by atoms with Crippen molar-refractivity contribution in [3.05, 3.63) is 34.9 Å². The van der Waals surface area contributed by atoms with Gasteiger partial charge in [0.15, 0.2) is 11.6 Å². The van der Waals surface area contributed by atoms with Crippen molar-refractivity contribution in [2.24, 2.45) is 0 Å². The normalized spacial score (nSPS) is 13.9. The molecule has 6 heteroatoms. The van der Waals surface area contributed by atoms with Crippen LogP contribution in [-0.2, 0) is 24.5 Å². The summed E-state index contributed by atoms with van der Waals surface area (Å²) in [7, 11) is 1.67. The fourth-order valence-electron chi connectivity index (χ4n) is 2.56. The highest BCUT2D eigenvalue weighted by molar-refractivity contribution is 5.45. The largest absolute Gasteiger partial charge is 0.497 e. The predicted molar refractivity (Wildman–Crippen MR) is 76.5 cm³/mol. The molecule has 0 amide bonds. The number of aromatic nitrogens is 3. The Morgan fingerprint density at radius 1 is 1.24 bits per heavy atom. The lowest BCUT2D eigenvalue weighted by atomic mass is 10.1. The van der Waals surface area contributed by atoms with Crippen molar-refractivity contribution in [3.8, 4) is 11.5 Å². The molecule has 0 saturated heterocycles. The third-order valence-electron chi connectivity index (χ3n) is 3.61. The Bertz CT molecular complexity index is 629. The Kier molecular flexibility index (Phi) is 3.79. The predicted octanol–water partition coefficient (Wildman–Crippen LogP) is 2.01. The highest BCUT2D eigenvalue weighted by Gasteiger charge is 2.17. The van der Waals surface area contributed by atoms with E-state index < -0.39 is 0 Å². The second kappa shape index (κ2) is 5.73. The molecule has 0 saturated carbocycles. The zero-order chi connectivity index (χ0) is 14.8. The Labute approximate surface area is 123 Å². The molecule has 1 aliphatic heterocycles. The zero-order valence-electron chi connectivity index (χ0n) is 12.5. The van der Waals surface area contributed by atoms with Crippen molar-refractivity contribution in [1.82, 2.24) is 14.8 Å². The van der Waals surface area contributed by atoms with Crippen LogP contribution in [0, 0.1) is 13.8 Å². The molecule has 21 heavy (non-hydrogen) atoms. The molecule has 0 fully saturated rings. The number of aryl methyl sites for hydroxylation is 2. The van der Waals surface area contributed by atoms with Gasteiger partial charge in [0.25, 0.3) is 0 Å². The highest BCUT2D eigenvalue weighted by atomic mass is 16.5. The first-order valence-electron chi connectivity index (χ1n) is 6.95. The molecule has 0 unspecified atom stereocenters. The Morgan fingerprint density at radius 2 is 2.00 bits per heavy atom. The summed E-state index contributed by atoms with van der Waals surface area (Å²) in [5.41, 5.74) is 2.10. The van der Waals surface area contributed by atoms with Crippen LogP contribution in [-0.4, -0.2) is 28.5 Å². The molecule has 1 aromatic heterocycles. The third-order valence-corrected chi connectivity index (χ3v) is 3.61. The molecule has 0 spiro atoms. The summed E-state index contributed by atoms with van der Waals surface area (Å²) in [6.45, 7) is 6.42. The summed E-state index contributed by atoms with van der Waals surface area (Å²) >= 11 is 0. The third kappa shape index (κ3) is 2.71. The van der Waals surface area contributed by atoms with E-state index >= 15 is 0 Å². The maximum atomic E-state index is 5.96. The van der Waals surface area contributed by atoms with Crippen LogP contribution in [0.2, 0.25) is 0 Å². The van der Waals surface area contributed by atoms with Crippen molar-refractivity contribution in [2.75, 3.05) is 13.7 Å². The summed E-state index contributed by atoms with van der Waals surface area (Å²) in [6.07, 6.45) is 0. The Balaban J connectivity index is 1.78. The molecule has 0 bridgehead atoms. The van der Waals surface area contributed by atoms with Crippen LogP contribution < -0.4 is 9.47 Å². The average molecular weight is 289 g/mol. The second-order valence-corrected chi connectivity index (χ2v) is 5.12. The zero-order valence-corrected chi connectivity index (χ0v) is 12.5. The molecule has 1 aliphatic rings. The minimum Gasteiger partial charge on any atom is -0.497 e. The maximum Gasteiger partial charge on any atom is 0.171 e. The highest BCUT2D eigenvalue weighted by Crippen LogP contribution is 2.29. The number of benzene rings is 1. The van der Waals surface area contributed by atoms with Crippen LogP contribution in [0.25, 0.3) is 0 Å². The van der Waals surface area contributed by atoms with Gasteiger partial charge >= 0.3 is 0 Å². The number of fused-ring (bicyclic) bond motifs is 1. The van der Waals surface area contributed by atoms with Gasteiger partial charge in [-0.15, -0.1) is 10.2 Å². The number of hydrogen-bond donors (Lipinski definition) is 0. The Morgan fingerprint density at radius 3 is 2.71 bits per heavy atom. The van der Waals surface area contributed by atoms with E-state index in [0.717, 1.165) is 40.8 Å². The van der Waals surface area contributed by atoms with E-state index in [1.807, 2.05) is 26.0 Å². The van der Waals surface area contributed by atoms with Crippen LogP contribution in [0.3, 0.4) is 0 Å². The smallest absolute Gasteiger partial charge is 0.171 e. The van der Waals surface area contributed by atoms with Gasteiger partial charge in [0.2, 0.25) is 0 Å². The lowest BCUT2D eigenvalue weighted by molar-refractivity contribution is 0.0794. The van der Waals surface area contributed by atoms with Crippen LogP contribution in [0.5, 0.6) is 11.5 Å². The average Bonchev–Trinajstić information content (AvgIpc) is 2.89. The number of nitrogens with zero attached hydrogens (tertiary/aromatic N) is 3. The summed E-state index contributed by atoms with van der Waals surface area (Å²) < 4.78 is 18.6. The monoisotopic (exact) mass is 289 g/mol. The molecule has 0 N–H and O–H groups in total. The minimum atomic E-state index is 0.404. The fourth-order valence-corrected chi connectivity index (χ4v) is 2.56. The van der Waals surface area contributed by atoms with Gasteiger partial charge in [0, 0.05) is 6.54 Å². The molecule has 0 aliphatic carbocycles. The first-order valence-corrected chi connectivity index (χ1v) is 6.95. The first-order chi connectivity index (χ1) is 10.2. The van der Waals surface area contributed by atoms with Crippen LogP contribution in [0.1, 0.15) is 22.8 Å². The summed E-state index contributed by atoms with van der Waals surface area (Å²) in [5, 5.41) is 8.32. The summed E-state index contributed by atoms with van der Waals surface area (Å²) in [4.78, 5) is 0. The lowest BCUT2D eigenvalue weighted by Crippen LogP contribution is -2.19. The molecule has 2 heterocycles. The van der Waals surface area contributed by atoms with Gasteiger partial charge in [-0.05, 0) is 37.1 Å². The summed E-state index contributed by atoms with van der Waals surface area (Å²) in [6, 6.07) is 3.94. The number of methoxy groups -OCH3 is 1. The van der Waals surface area contributed by atoms with Crippen LogP contribution in [0.4, 0.5) is 0 Å². The van der Waals surface area contributed by atoms with Gasteiger partial charge in [-0.1, -0.05) is 0 Å². The van der Waals surface area contributed by atoms with Crippen LogP contribution in [0.15, 0.2) is 12.1 Å². The molecule has 6 nitrogen and oxygen atoms in total. The number of hydrogen-bond acceptors (Lipinski definition) is 5. The molecular weight excluding hydrogens is 270 g/mol. The van der Waals surface area contributed by atoms with Crippen molar-refractivity contribution in [2.45, 2.75) is 33.6 Å². The molecule has 3 rings (SSSR count). The molecule has 112 valence electrons. The molecule has 1 aromatic carbocycles. The SMILES string of the molecule is COc1cc(C)c(OCc2nnc3n2CCOC3)c(C)c1. The van der Waals surface area contributed by atoms with Gasteiger partial charge < -0.3 is 18.8 Å². The topological polar surface area (TPSA) is 58.4 Å². The van der Waals surface area contributed by atoms with E-state index in [1.165, 1.54) is 0 Å². The summed E-state index contributed by atoms with van der Waals surface area (Å²) in [5.74, 6) is 3.42. The lowest BCUT2D eigenvalue weighted by Gasteiger charge is -2.17. The quantitative estimate of drug-likeness (QED) is 0.861. The Hall–Kier alpha value is -2.08. The maximum absolute atomic E-state index is 5.96. The van der Waals surface area contributed by atoms with Crippen LogP contribution >= 0.6 is 0 Å². The second-order valence-electron chi connectivity index (χ2n) is 5.12. The van der Waals surface area contributed by atoms with E-state index in [-0.39, 0.29) is 0 Å². The fraction of sp³-hybridized carbons (Fsp3) is 0.467. The molecule has 2 aromatic rings. The van der Waals surface area contributed by atoms with E-state index in [0.29, 0.717) is 19.8 Å². The van der Waals surface area contributed by atoms with E-state index in [4.69, 9.17) is 14.2 Å².